The highest BCUT2D eigenvalue weighted by Crippen LogP contribution is 2.34. The molecule has 0 saturated heterocycles. The highest BCUT2D eigenvalue weighted by Gasteiger charge is 2.24. The van der Waals surface area contributed by atoms with Gasteiger partial charge >= 0.3 is 0 Å². The van der Waals surface area contributed by atoms with E-state index in [2.05, 4.69) is 15.0 Å². The van der Waals surface area contributed by atoms with Crippen LogP contribution in [0.3, 0.4) is 0 Å². The highest BCUT2D eigenvalue weighted by molar-refractivity contribution is 7.22. The summed E-state index contributed by atoms with van der Waals surface area (Å²) in [6.45, 7) is 3.35. The Hall–Kier alpha value is -1.67. The van der Waals surface area contributed by atoms with Gasteiger partial charge in [-0.3, -0.25) is 9.69 Å². The molecule has 0 bridgehead atoms. The van der Waals surface area contributed by atoms with E-state index in [1.54, 1.807) is 11.0 Å². The standard InChI is InChI=1S/C17H19ClN4O2S.ClH/c1-11-12(18)5-6-14-15(11)20-17(25-14)22(10-4-9-21(2)3)16(23)13-7-8-19-24-13;/h5-8H,4,9-10H2,1-3H3;1H. The molecule has 0 aliphatic carbocycles. The van der Waals surface area contributed by atoms with Crippen molar-refractivity contribution in [3.8, 4) is 0 Å². The molecule has 2 aromatic heterocycles. The second-order valence-electron chi connectivity index (χ2n) is 6.01. The molecular formula is C17H20Cl2N4O2S. The third-order valence-corrected chi connectivity index (χ3v) is 5.30. The number of hydrogen-bond donors (Lipinski definition) is 0. The van der Waals surface area contributed by atoms with Crippen molar-refractivity contribution < 1.29 is 9.32 Å². The van der Waals surface area contributed by atoms with Crippen LogP contribution in [0.2, 0.25) is 5.02 Å². The zero-order valence-corrected chi connectivity index (χ0v) is 17.1. The van der Waals surface area contributed by atoms with E-state index in [1.807, 2.05) is 33.2 Å². The average Bonchev–Trinajstić information content (AvgIpc) is 3.24. The molecule has 1 aromatic carbocycles. The maximum Gasteiger partial charge on any atom is 0.298 e. The van der Waals surface area contributed by atoms with E-state index >= 15 is 0 Å². The Morgan fingerprint density at radius 3 is 2.69 bits per heavy atom. The molecule has 3 aromatic rings. The van der Waals surface area contributed by atoms with Crippen LogP contribution in [0.1, 0.15) is 22.5 Å². The van der Waals surface area contributed by atoms with Gasteiger partial charge in [-0.05, 0) is 51.7 Å². The fourth-order valence-corrected chi connectivity index (χ4v) is 3.69. The van der Waals surface area contributed by atoms with Crippen LogP contribution in [0.4, 0.5) is 5.13 Å². The summed E-state index contributed by atoms with van der Waals surface area (Å²) in [5.74, 6) is -0.0297. The van der Waals surface area contributed by atoms with Crippen LogP contribution in [0, 0.1) is 6.92 Å². The van der Waals surface area contributed by atoms with Gasteiger partial charge in [0.05, 0.1) is 16.4 Å². The summed E-state index contributed by atoms with van der Waals surface area (Å²) >= 11 is 7.67. The van der Waals surface area contributed by atoms with Gasteiger partial charge in [0.15, 0.2) is 5.13 Å². The third-order valence-electron chi connectivity index (χ3n) is 3.85. The SMILES string of the molecule is Cc1c(Cl)ccc2sc(N(CCCN(C)C)C(=O)c3ccno3)nc12.Cl. The summed E-state index contributed by atoms with van der Waals surface area (Å²) in [5, 5.41) is 4.94. The summed E-state index contributed by atoms with van der Waals surface area (Å²) in [7, 11) is 4.01. The Morgan fingerprint density at radius 2 is 2.04 bits per heavy atom. The van der Waals surface area contributed by atoms with Gasteiger partial charge in [-0.15, -0.1) is 12.4 Å². The largest absolute Gasteiger partial charge is 0.351 e. The smallest absolute Gasteiger partial charge is 0.298 e. The molecule has 0 unspecified atom stereocenters. The minimum atomic E-state index is -0.237. The first kappa shape index (κ1) is 20.6. The summed E-state index contributed by atoms with van der Waals surface area (Å²) in [6, 6.07) is 5.36. The van der Waals surface area contributed by atoms with Crippen molar-refractivity contribution in [2.45, 2.75) is 13.3 Å². The number of halogens is 2. The first-order chi connectivity index (χ1) is 12.0. The van der Waals surface area contributed by atoms with Gasteiger partial charge in [0.25, 0.3) is 5.91 Å². The number of thiazole rings is 1. The number of carbonyl (C=O) groups is 1. The number of amides is 1. The Labute approximate surface area is 167 Å². The van der Waals surface area contributed by atoms with E-state index in [1.165, 1.54) is 17.5 Å². The quantitative estimate of drug-likeness (QED) is 0.602. The highest BCUT2D eigenvalue weighted by atomic mass is 35.5. The van der Waals surface area contributed by atoms with Gasteiger partial charge in [0.2, 0.25) is 5.76 Å². The predicted molar refractivity (Wildman–Crippen MR) is 108 cm³/mol. The molecule has 0 saturated carbocycles. The van der Waals surface area contributed by atoms with E-state index in [-0.39, 0.29) is 24.1 Å². The van der Waals surface area contributed by atoms with E-state index in [4.69, 9.17) is 16.1 Å². The lowest BCUT2D eigenvalue weighted by molar-refractivity contribution is 0.0950. The number of aromatic nitrogens is 2. The molecule has 26 heavy (non-hydrogen) atoms. The molecule has 0 radical (unpaired) electrons. The fraction of sp³-hybridized carbons (Fsp3) is 0.353. The van der Waals surface area contributed by atoms with Gasteiger partial charge in [-0.25, -0.2) is 4.98 Å². The molecule has 0 atom stereocenters. The molecule has 9 heteroatoms. The number of carbonyl (C=O) groups excluding carboxylic acids is 1. The van der Waals surface area contributed by atoms with Crippen LogP contribution in [0.25, 0.3) is 10.2 Å². The molecule has 3 rings (SSSR count). The maximum absolute atomic E-state index is 12.8. The number of fused-ring (bicyclic) bond motifs is 1. The number of hydrogen-bond acceptors (Lipinski definition) is 6. The zero-order valence-electron chi connectivity index (χ0n) is 14.7. The Bertz CT molecular complexity index is 880. The number of rotatable bonds is 6. The van der Waals surface area contributed by atoms with Crippen molar-refractivity contribution in [2.24, 2.45) is 0 Å². The van der Waals surface area contributed by atoms with E-state index in [0.717, 1.165) is 28.7 Å². The molecule has 0 spiro atoms. The Balaban J connectivity index is 0.00000243. The van der Waals surface area contributed by atoms with Gasteiger partial charge in [-0.1, -0.05) is 28.1 Å². The normalized spacial score (nSPS) is 11.0. The van der Waals surface area contributed by atoms with Gasteiger partial charge in [-0.2, -0.15) is 0 Å². The lowest BCUT2D eigenvalue weighted by atomic mass is 10.2. The van der Waals surface area contributed by atoms with E-state index in [9.17, 15) is 4.79 Å². The molecule has 1 amide bonds. The van der Waals surface area contributed by atoms with Crippen LogP contribution < -0.4 is 4.90 Å². The van der Waals surface area contributed by atoms with Crippen LogP contribution in [-0.2, 0) is 0 Å². The van der Waals surface area contributed by atoms with Crippen molar-refractivity contribution in [3.05, 3.63) is 40.7 Å². The third kappa shape index (κ3) is 4.35. The second-order valence-corrected chi connectivity index (χ2v) is 7.42. The van der Waals surface area contributed by atoms with Crippen molar-refractivity contribution >= 4 is 56.6 Å². The number of nitrogens with zero attached hydrogens (tertiary/aromatic N) is 4. The van der Waals surface area contributed by atoms with Crippen molar-refractivity contribution in [3.63, 3.8) is 0 Å². The summed E-state index contributed by atoms with van der Waals surface area (Å²) in [4.78, 5) is 21.2. The van der Waals surface area contributed by atoms with Gasteiger partial charge in [0, 0.05) is 17.6 Å². The fourth-order valence-electron chi connectivity index (χ4n) is 2.49. The van der Waals surface area contributed by atoms with Crippen LogP contribution in [-0.4, -0.2) is 48.1 Å². The number of benzene rings is 1. The van der Waals surface area contributed by atoms with E-state index < -0.39 is 0 Å². The minimum Gasteiger partial charge on any atom is -0.351 e. The monoisotopic (exact) mass is 414 g/mol. The van der Waals surface area contributed by atoms with Crippen LogP contribution >= 0.6 is 35.3 Å². The lowest BCUT2D eigenvalue weighted by Crippen LogP contribution is -2.33. The first-order valence-corrected chi connectivity index (χ1v) is 9.09. The zero-order chi connectivity index (χ0) is 18.0. The van der Waals surface area contributed by atoms with Crippen molar-refractivity contribution in [1.82, 2.24) is 15.0 Å². The molecule has 0 fully saturated rings. The van der Waals surface area contributed by atoms with Crippen LogP contribution in [0.5, 0.6) is 0 Å². The molecule has 0 aliphatic rings. The second kappa shape index (κ2) is 8.81. The first-order valence-electron chi connectivity index (χ1n) is 7.90. The molecular weight excluding hydrogens is 395 g/mol. The Kier molecular flexibility index (Phi) is 7.00. The van der Waals surface area contributed by atoms with Gasteiger partial charge < -0.3 is 9.42 Å². The molecule has 0 N–H and O–H groups in total. The molecule has 140 valence electrons. The lowest BCUT2D eigenvalue weighted by Gasteiger charge is -2.19. The van der Waals surface area contributed by atoms with Crippen LogP contribution in [0.15, 0.2) is 28.9 Å². The minimum absolute atomic E-state index is 0. The number of aryl methyl sites for hydroxylation is 1. The van der Waals surface area contributed by atoms with Crippen molar-refractivity contribution in [2.75, 3.05) is 32.1 Å². The molecule has 2 heterocycles. The van der Waals surface area contributed by atoms with Gasteiger partial charge in [0.1, 0.15) is 0 Å². The van der Waals surface area contributed by atoms with E-state index in [0.29, 0.717) is 16.7 Å². The predicted octanol–water partition coefficient (Wildman–Crippen LogP) is 4.27. The summed E-state index contributed by atoms with van der Waals surface area (Å²) < 4.78 is 6.05. The summed E-state index contributed by atoms with van der Waals surface area (Å²) in [5.41, 5.74) is 1.75. The molecule has 0 aliphatic heterocycles. The maximum atomic E-state index is 12.8. The topological polar surface area (TPSA) is 62.5 Å². The Morgan fingerprint density at radius 1 is 1.27 bits per heavy atom. The summed E-state index contributed by atoms with van der Waals surface area (Å²) in [6.07, 6.45) is 2.29. The average molecular weight is 415 g/mol. The van der Waals surface area contributed by atoms with Crippen molar-refractivity contribution in [1.29, 1.82) is 0 Å². The number of anilines is 1. The molecule has 6 nitrogen and oxygen atoms in total.